The average molecular weight is 298 g/mol. The second-order valence-electron chi connectivity index (χ2n) is 4.66. The highest BCUT2D eigenvalue weighted by molar-refractivity contribution is 7.89. The van der Waals surface area contributed by atoms with Crippen LogP contribution < -0.4 is 10.5 Å². The van der Waals surface area contributed by atoms with Gasteiger partial charge in [0.05, 0.1) is 16.5 Å². The van der Waals surface area contributed by atoms with E-state index in [0.717, 1.165) is 12.8 Å². The van der Waals surface area contributed by atoms with E-state index in [9.17, 15) is 13.2 Å². The number of hydrogen-bond acceptors (Lipinski definition) is 5. The standard InChI is InChI=1S/C12H14N2O5S/c15-12-14-10-4-3-9(6-11(10)19-12)20(16,17)13-7-8-2-1-5-18-8/h3-4,6,8,13H,1-2,5,7H2,(H,14,15)/t8-/m0/s1. The SMILES string of the molecule is O=c1[nH]c2ccc(S(=O)(=O)NC[C@@H]3CCCO3)cc2o1. The summed E-state index contributed by atoms with van der Waals surface area (Å²) in [7, 11) is -3.64. The van der Waals surface area contributed by atoms with Gasteiger partial charge in [-0.3, -0.25) is 4.98 Å². The number of oxazole rings is 1. The first-order valence-corrected chi connectivity index (χ1v) is 7.77. The van der Waals surface area contributed by atoms with Crippen LogP contribution in [0.2, 0.25) is 0 Å². The Morgan fingerprint density at radius 2 is 2.25 bits per heavy atom. The first-order valence-electron chi connectivity index (χ1n) is 6.29. The summed E-state index contributed by atoms with van der Waals surface area (Å²) in [5, 5.41) is 0. The van der Waals surface area contributed by atoms with Gasteiger partial charge in [-0.05, 0) is 25.0 Å². The van der Waals surface area contributed by atoms with Gasteiger partial charge < -0.3 is 9.15 Å². The molecule has 1 atom stereocenters. The van der Waals surface area contributed by atoms with Crippen molar-refractivity contribution in [2.45, 2.75) is 23.8 Å². The molecule has 0 bridgehead atoms. The fraction of sp³-hybridized carbons (Fsp3) is 0.417. The minimum absolute atomic E-state index is 0.0609. The van der Waals surface area contributed by atoms with E-state index in [2.05, 4.69) is 9.71 Å². The third kappa shape index (κ3) is 2.62. The predicted octanol–water partition coefficient (Wildman–Crippen LogP) is 0.578. The summed E-state index contributed by atoms with van der Waals surface area (Å²) in [5.74, 6) is -0.609. The third-order valence-electron chi connectivity index (χ3n) is 3.23. The zero-order valence-corrected chi connectivity index (χ0v) is 11.4. The van der Waals surface area contributed by atoms with Gasteiger partial charge in [0.15, 0.2) is 5.58 Å². The van der Waals surface area contributed by atoms with Crippen LogP contribution in [0.4, 0.5) is 0 Å². The van der Waals surface area contributed by atoms with Crippen LogP contribution in [0.15, 0.2) is 32.3 Å². The number of sulfonamides is 1. The van der Waals surface area contributed by atoms with E-state index in [-0.39, 0.29) is 23.1 Å². The Morgan fingerprint density at radius 1 is 1.40 bits per heavy atom. The molecular formula is C12H14N2O5S. The van der Waals surface area contributed by atoms with E-state index in [0.29, 0.717) is 12.1 Å². The summed E-state index contributed by atoms with van der Waals surface area (Å²) in [6, 6.07) is 4.25. The minimum Gasteiger partial charge on any atom is -0.408 e. The van der Waals surface area contributed by atoms with Crippen molar-refractivity contribution < 1.29 is 17.6 Å². The van der Waals surface area contributed by atoms with Crippen LogP contribution in [0, 0.1) is 0 Å². The Kier molecular flexibility index (Phi) is 3.36. The molecule has 0 radical (unpaired) electrons. The summed E-state index contributed by atoms with van der Waals surface area (Å²) in [6.45, 7) is 0.921. The molecule has 1 aliphatic heterocycles. The smallest absolute Gasteiger partial charge is 0.408 e. The fourth-order valence-electron chi connectivity index (χ4n) is 2.18. The van der Waals surface area contributed by atoms with Gasteiger partial charge in [-0.1, -0.05) is 0 Å². The molecule has 1 saturated heterocycles. The first-order chi connectivity index (χ1) is 9.54. The van der Waals surface area contributed by atoms with Gasteiger partial charge >= 0.3 is 5.76 Å². The van der Waals surface area contributed by atoms with Gasteiger partial charge in [0.2, 0.25) is 10.0 Å². The molecule has 1 aromatic carbocycles. The van der Waals surface area contributed by atoms with Crippen LogP contribution >= 0.6 is 0 Å². The maximum atomic E-state index is 12.1. The third-order valence-corrected chi connectivity index (χ3v) is 4.65. The largest absolute Gasteiger partial charge is 0.417 e. The van der Waals surface area contributed by atoms with Crippen molar-refractivity contribution in [1.82, 2.24) is 9.71 Å². The number of H-pyrrole nitrogens is 1. The molecule has 0 aliphatic carbocycles. The number of benzene rings is 1. The molecule has 1 aliphatic rings. The second kappa shape index (κ2) is 5.04. The molecule has 20 heavy (non-hydrogen) atoms. The number of fused-ring (bicyclic) bond motifs is 1. The molecule has 0 amide bonds. The van der Waals surface area contributed by atoms with Crippen molar-refractivity contribution in [3.8, 4) is 0 Å². The molecule has 1 aromatic heterocycles. The molecule has 108 valence electrons. The number of hydrogen-bond donors (Lipinski definition) is 2. The van der Waals surface area contributed by atoms with Crippen LogP contribution in [-0.4, -0.2) is 32.7 Å². The predicted molar refractivity (Wildman–Crippen MR) is 71.0 cm³/mol. The van der Waals surface area contributed by atoms with Crippen molar-refractivity contribution in [3.63, 3.8) is 0 Å². The molecule has 2 N–H and O–H groups in total. The molecule has 7 nitrogen and oxygen atoms in total. The van der Waals surface area contributed by atoms with E-state index in [4.69, 9.17) is 9.15 Å². The Morgan fingerprint density at radius 3 is 3.00 bits per heavy atom. The molecule has 2 heterocycles. The maximum absolute atomic E-state index is 12.1. The van der Waals surface area contributed by atoms with Gasteiger partial charge in [0, 0.05) is 19.2 Å². The lowest BCUT2D eigenvalue weighted by molar-refractivity contribution is 0.114. The summed E-state index contributed by atoms with van der Waals surface area (Å²) >= 11 is 0. The summed E-state index contributed by atoms with van der Waals surface area (Å²) in [6.07, 6.45) is 1.74. The molecule has 8 heteroatoms. The highest BCUT2D eigenvalue weighted by Gasteiger charge is 2.20. The molecule has 2 aromatic rings. The maximum Gasteiger partial charge on any atom is 0.417 e. The normalized spacial score (nSPS) is 19.7. The van der Waals surface area contributed by atoms with E-state index in [1.165, 1.54) is 18.2 Å². The van der Waals surface area contributed by atoms with Gasteiger partial charge in [-0.25, -0.2) is 17.9 Å². The number of aromatic amines is 1. The molecule has 0 unspecified atom stereocenters. The van der Waals surface area contributed by atoms with Crippen molar-refractivity contribution in [1.29, 1.82) is 0 Å². The number of ether oxygens (including phenoxy) is 1. The van der Waals surface area contributed by atoms with E-state index < -0.39 is 15.8 Å². The number of aromatic nitrogens is 1. The highest BCUT2D eigenvalue weighted by Crippen LogP contribution is 2.17. The lowest BCUT2D eigenvalue weighted by atomic mass is 10.2. The van der Waals surface area contributed by atoms with Gasteiger partial charge in [-0.2, -0.15) is 0 Å². The zero-order valence-electron chi connectivity index (χ0n) is 10.6. The van der Waals surface area contributed by atoms with Crippen LogP contribution in [-0.2, 0) is 14.8 Å². The van der Waals surface area contributed by atoms with E-state index in [1.54, 1.807) is 0 Å². The quantitative estimate of drug-likeness (QED) is 0.859. The molecule has 0 spiro atoms. The monoisotopic (exact) mass is 298 g/mol. The van der Waals surface area contributed by atoms with Crippen LogP contribution in [0.5, 0.6) is 0 Å². The van der Waals surface area contributed by atoms with Gasteiger partial charge in [0.1, 0.15) is 0 Å². The number of rotatable bonds is 4. The minimum atomic E-state index is -3.64. The van der Waals surface area contributed by atoms with E-state index in [1.807, 2.05) is 0 Å². The molecule has 0 saturated carbocycles. The highest BCUT2D eigenvalue weighted by atomic mass is 32.2. The van der Waals surface area contributed by atoms with Crippen molar-refractivity contribution in [2.75, 3.05) is 13.2 Å². The van der Waals surface area contributed by atoms with Crippen molar-refractivity contribution in [3.05, 3.63) is 28.7 Å². The fourth-order valence-corrected chi connectivity index (χ4v) is 3.27. The Balaban J connectivity index is 1.82. The first kappa shape index (κ1) is 13.3. The summed E-state index contributed by atoms with van der Waals surface area (Å²) in [4.78, 5) is 13.6. The van der Waals surface area contributed by atoms with Crippen LogP contribution in [0.3, 0.4) is 0 Å². The van der Waals surface area contributed by atoms with Crippen molar-refractivity contribution in [2.24, 2.45) is 0 Å². The van der Waals surface area contributed by atoms with Crippen LogP contribution in [0.1, 0.15) is 12.8 Å². The Bertz CT molecular complexity index is 770. The second-order valence-corrected chi connectivity index (χ2v) is 6.43. The molecule has 1 fully saturated rings. The van der Waals surface area contributed by atoms with Gasteiger partial charge in [-0.15, -0.1) is 0 Å². The van der Waals surface area contributed by atoms with Crippen molar-refractivity contribution >= 4 is 21.1 Å². The topological polar surface area (TPSA) is 101 Å². The lowest BCUT2D eigenvalue weighted by Gasteiger charge is -2.11. The summed E-state index contributed by atoms with van der Waals surface area (Å²) in [5.41, 5.74) is 0.683. The zero-order chi connectivity index (χ0) is 14.2. The Labute approximate surface area is 115 Å². The van der Waals surface area contributed by atoms with E-state index >= 15 is 0 Å². The van der Waals surface area contributed by atoms with Crippen LogP contribution in [0.25, 0.3) is 11.1 Å². The average Bonchev–Trinajstić information content (AvgIpc) is 3.03. The number of nitrogens with one attached hydrogen (secondary N) is 2. The Hall–Kier alpha value is -1.64. The van der Waals surface area contributed by atoms with Gasteiger partial charge in [0.25, 0.3) is 0 Å². The lowest BCUT2D eigenvalue weighted by Crippen LogP contribution is -2.31. The summed E-state index contributed by atoms with van der Waals surface area (Å²) < 4.78 is 37.0. The molecular weight excluding hydrogens is 284 g/mol. The molecule has 3 rings (SSSR count).